The van der Waals surface area contributed by atoms with E-state index in [0.717, 1.165) is 23.7 Å². The summed E-state index contributed by atoms with van der Waals surface area (Å²) in [5.41, 5.74) is 2.53. The topological polar surface area (TPSA) is 28.2 Å². The molecule has 1 N–H and O–H groups in total. The van der Waals surface area contributed by atoms with Crippen molar-refractivity contribution in [3.63, 3.8) is 0 Å². The van der Waals surface area contributed by atoms with Gasteiger partial charge in [-0.1, -0.05) is 23.7 Å². The quantitative estimate of drug-likeness (QED) is 0.905. The van der Waals surface area contributed by atoms with Crippen LogP contribution in [0.1, 0.15) is 23.3 Å². The van der Waals surface area contributed by atoms with Crippen LogP contribution in [0.4, 0.5) is 5.69 Å². The largest absolute Gasteiger partial charge is 0.380 e. The minimum atomic E-state index is 0.601. The molecule has 1 aromatic heterocycles. The first kappa shape index (κ1) is 13.9. The van der Waals surface area contributed by atoms with Gasteiger partial charge in [0, 0.05) is 23.3 Å². The Morgan fingerprint density at radius 1 is 1.30 bits per heavy atom. The molecule has 3 rings (SSSR count). The smallest absolute Gasteiger partial charge is 0.183 e. The fourth-order valence-electron chi connectivity index (χ4n) is 2.53. The van der Waals surface area contributed by atoms with Gasteiger partial charge in [0.25, 0.3) is 0 Å². The summed E-state index contributed by atoms with van der Waals surface area (Å²) in [4.78, 5) is 7.72. The molecule has 0 bridgehead atoms. The van der Waals surface area contributed by atoms with E-state index in [1.54, 1.807) is 0 Å². The van der Waals surface area contributed by atoms with Crippen molar-refractivity contribution < 1.29 is 0 Å². The van der Waals surface area contributed by atoms with Crippen LogP contribution in [0.3, 0.4) is 0 Å². The Hall–Kier alpha value is -1.10. The van der Waals surface area contributed by atoms with Gasteiger partial charge in [-0.05, 0) is 43.6 Å². The summed E-state index contributed by atoms with van der Waals surface area (Å²) in [6.45, 7) is 4.30. The highest BCUT2D eigenvalue weighted by molar-refractivity contribution is 7.15. The van der Waals surface area contributed by atoms with E-state index in [-0.39, 0.29) is 0 Å². The molecule has 0 saturated carbocycles. The van der Waals surface area contributed by atoms with Crippen molar-refractivity contribution in [3.8, 4) is 0 Å². The second-order valence-electron chi connectivity index (χ2n) is 5.12. The molecule has 0 radical (unpaired) electrons. The molecule has 3 nitrogen and oxygen atoms in total. The molecule has 1 aromatic carbocycles. The SMILES string of the molecule is Clc1ncc(CNc2cccc(CN3CCCC3)c2)s1. The predicted molar refractivity (Wildman–Crippen MR) is 85.4 cm³/mol. The average Bonchev–Trinajstić information content (AvgIpc) is 3.09. The third-order valence-corrected chi connectivity index (χ3v) is 4.64. The zero-order valence-corrected chi connectivity index (χ0v) is 12.9. The van der Waals surface area contributed by atoms with Crippen LogP contribution in [-0.2, 0) is 13.1 Å². The van der Waals surface area contributed by atoms with E-state index in [9.17, 15) is 0 Å². The maximum absolute atomic E-state index is 5.84. The molecule has 1 aliphatic heterocycles. The minimum absolute atomic E-state index is 0.601. The van der Waals surface area contributed by atoms with Crippen LogP contribution >= 0.6 is 22.9 Å². The normalized spacial score (nSPS) is 15.7. The zero-order valence-electron chi connectivity index (χ0n) is 11.3. The second-order valence-corrected chi connectivity index (χ2v) is 6.81. The fraction of sp³-hybridized carbons (Fsp3) is 0.400. The van der Waals surface area contributed by atoms with Crippen molar-refractivity contribution in [1.29, 1.82) is 0 Å². The Morgan fingerprint density at radius 3 is 2.90 bits per heavy atom. The lowest BCUT2D eigenvalue weighted by Crippen LogP contribution is -2.18. The summed E-state index contributed by atoms with van der Waals surface area (Å²) in [5, 5.41) is 3.43. The van der Waals surface area contributed by atoms with Gasteiger partial charge in [0.1, 0.15) is 0 Å². The van der Waals surface area contributed by atoms with E-state index in [1.807, 2.05) is 6.20 Å². The molecule has 0 atom stereocenters. The zero-order chi connectivity index (χ0) is 13.8. The number of nitrogens with one attached hydrogen (secondary N) is 1. The van der Waals surface area contributed by atoms with Gasteiger partial charge in [-0.15, -0.1) is 11.3 Å². The van der Waals surface area contributed by atoms with E-state index >= 15 is 0 Å². The van der Waals surface area contributed by atoms with Gasteiger partial charge in [0.2, 0.25) is 0 Å². The molecule has 106 valence electrons. The van der Waals surface area contributed by atoms with Gasteiger partial charge in [0.05, 0.1) is 6.54 Å². The highest BCUT2D eigenvalue weighted by Gasteiger charge is 2.11. The van der Waals surface area contributed by atoms with Crippen LogP contribution in [-0.4, -0.2) is 23.0 Å². The second kappa shape index (κ2) is 6.57. The summed E-state index contributed by atoms with van der Waals surface area (Å²) in [5.74, 6) is 0. The standard InChI is InChI=1S/C15H18ClN3S/c16-15-18-10-14(20-15)9-17-13-5-3-4-12(8-13)11-19-6-1-2-7-19/h3-5,8,10,17H,1-2,6-7,9,11H2. The van der Waals surface area contributed by atoms with Crippen LogP contribution in [0.25, 0.3) is 0 Å². The highest BCUT2D eigenvalue weighted by atomic mass is 35.5. The van der Waals surface area contributed by atoms with E-state index in [1.165, 1.54) is 42.8 Å². The summed E-state index contributed by atoms with van der Waals surface area (Å²) >= 11 is 7.36. The molecule has 2 aromatic rings. The van der Waals surface area contributed by atoms with Crippen molar-refractivity contribution in [2.24, 2.45) is 0 Å². The number of thiazole rings is 1. The highest BCUT2D eigenvalue weighted by Crippen LogP contribution is 2.20. The summed E-state index contributed by atoms with van der Waals surface area (Å²) in [6, 6.07) is 8.66. The third-order valence-electron chi connectivity index (χ3n) is 3.52. The fourth-order valence-corrected chi connectivity index (χ4v) is 3.45. The van der Waals surface area contributed by atoms with Crippen molar-refractivity contribution in [3.05, 3.63) is 45.4 Å². The van der Waals surface area contributed by atoms with Gasteiger partial charge >= 0.3 is 0 Å². The van der Waals surface area contributed by atoms with Crippen LogP contribution in [0, 0.1) is 0 Å². The Balaban J connectivity index is 1.58. The molecule has 1 fully saturated rings. The predicted octanol–water partition coefficient (Wildman–Crippen LogP) is 4.00. The summed E-state index contributed by atoms with van der Waals surface area (Å²) in [6.07, 6.45) is 4.50. The summed E-state index contributed by atoms with van der Waals surface area (Å²) < 4.78 is 0.601. The van der Waals surface area contributed by atoms with E-state index in [2.05, 4.69) is 39.5 Å². The third kappa shape index (κ3) is 3.72. The van der Waals surface area contributed by atoms with Crippen LogP contribution in [0.5, 0.6) is 0 Å². The maximum Gasteiger partial charge on any atom is 0.183 e. The lowest BCUT2D eigenvalue weighted by Gasteiger charge is -2.15. The molecular weight excluding hydrogens is 290 g/mol. The molecule has 0 spiro atoms. The molecule has 20 heavy (non-hydrogen) atoms. The van der Waals surface area contributed by atoms with Gasteiger partial charge in [-0.25, -0.2) is 4.98 Å². The number of halogens is 1. The molecule has 1 saturated heterocycles. The average molecular weight is 308 g/mol. The van der Waals surface area contributed by atoms with Crippen LogP contribution < -0.4 is 5.32 Å². The van der Waals surface area contributed by atoms with E-state index in [4.69, 9.17) is 11.6 Å². The number of likely N-dealkylation sites (tertiary alicyclic amines) is 1. The molecule has 0 amide bonds. The van der Waals surface area contributed by atoms with Crippen molar-refractivity contribution in [1.82, 2.24) is 9.88 Å². The molecular formula is C15H18ClN3S. The molecule has 0 aliphatic carbocycles. The van der Waals surface area contributed by atoms with E-state index in [0.29, 0.717) is 4.47 Å². The number of hydrogen-bond acceptors (Lipinski definition) is 4. The summed E-state index contributed by atoms with van der Waals surface area (Å²) in [7, 11) is 0. The Labute approximate surface area is 128 Å². The maximum atomic E-state index is 5.84. The first-order valence-electron chi connectivity index (χ1n) is 6.95. The van der Waals surface area contributed by atoms with Gasteiger partial charge in [-0.3, -0.25) is 4.90 Å². The molecule has 0 unspecified atom stereocenters. The number of hydrogen-bond donors (Lipinski definition) is 1. The minimum Gasteiger partial charge on any atom is -0.380 e. The van der Waals surface area contributed by atoms with Crippen molar-refractivity contribution in [2.45, 2.75) is 25.9 Å². The molecule has 1 aliphatic rings. The molecule has 5 heteroatoms. The van der Waals surface area contributed by atoms with Crippen molar-refractivity contribution in [2.75, 3.05) is 18.4 Å². The first-order valence-corrected chi connectivity index (χ1v) is 8.14. The molecule has 2 heterocycles. The first-order chi connectivity index (χ1) is 9.79. The van der Waals surface area contributed by atoms with Gasteiger partial charge < -0.3 is 5.32 Å². The number of nitrogens with zero attached hydrogens (tertiary/aromatic N) is 2. The lowest BCUT2D eigenvalue weighted by molar-refractivity contribution is 0.331. The monoisotopic (exact) mass is 307 g/mol. The Kier molecular flexibility index (Phi) is 4.55. The Morgan fingerprint density at radius 2 is 2.15 bits per heavy atom. The number of rotatable bonds is 5. The lowest BCUT2D eigenvalue weighted by atomic mass is 10.2. The van der Waals surface area contributed by atoms with Gasteiger partial charge in [0.15, 0.2) is 4.47 Å². The van der Waals surface area contributed by atoms with Crippen LogP contribution in [0.2, 0.25) is 4.47 Å². The van der Waals surface area contributed by atoms with Crippen molar-refractivity contribution >= 4 is 28.6 Å². The van der Waals surface area contributed by atoms with Crippen LogP contribution in [0.15, 0.2) is 30.5 Å². The Bertz CT molecular complexity index is 564. The van der Waals surface area contributed by atoms with E-state index < -0.39 is 0 Å². The number of benzene rings is 1. The number of anilines is 1. The van der Waals surface area contributed by atoms with Gasteiger partial charge in [-0.2, -0.15) is 0 Å². The number of aromatic nitrogens is 1.